The van der Waals surface area contributed by atoms with Crippen molar-refractivity contribution in [3.63, 3.8) is 0 Å². The van der Waals surface area contributed by atoms with Gasteiger partial charge in [-0.15, -0.1) is 0 Å². The number of carbonyl (C=O) groups is 3. The lowest BCUT2D eigenvalue weighted by Crippen LogP contribution is -2.45. The molecular formula is C31H27N5O7. The Bertz CT molecular complexity index is 1880. The molecule has 1 unspecified atom stereocenters. The van der Waals surface area contributed by atoms with E-state index in [-0.39, 0.29) is 40.5 Å². The van der Waals surface area contributed by atoms with Crippen LogP contribution >= 0.6 is 0 Å². The number of aromatic nitrogens is 3. The van der Waals surface area contributed by atoms with Crippen LogP contribution in [0.1, 0.15) is 26.6 Å². The van der Waals surface area contributed by atoms with Gasteiger partial charge in [-0.25, -0.2) is 14.8 Å². The van der Waals surface area contributed by atoms with Crippen LogP contribution in [0, 0.1) is 0 Å². The van der Waals surface area contributed by atoms with Gasteiger partial charge in [0.15, 0.2) is 5.58 Å². The smallest absolute Gasteiger partial charge is 0.337 e. The van der Waals surface area contributed by atoms with E-state index in [0.717, 1.165) is 10.1 Å². The molecule has 0 spiro atoms. The van der Waals surface area contributed by atoms with Crippen LogP contribution < -0.4 is 21.3 Å². The van der Waals surface area contributed by atoms with Crippen molar-refractivity contribution in [1.29, 1.82) is 0 Å². The molecule has 12 nitrogen and oxygen atoms in total. The molecule has 12 heteroatoms. The van der Waals surface area contributed by atoms with Crippen LogP contribution in [0.5, 0.6) is 5.75 Å². The van der Waals surface area contributed by atoms with E-state index < -0.39 is 35.8 Å². The number of ketones is 1. The maximum atomic E-state index is 13.7. The third-order valence-electron chi connectivity index (χ3n) is 6.68. The summed E-state index contributed by atoms with van der Waals surface area (Å²) in [6.45, 7) is -0.487. The van der Waals surface area contributed by atoms with Crippen LogP contribution in [0.4, 0.5) is 5.69 Å². The zero-order valence-corrected chi connectivity index (χ0v) is 23.3. The van der Waals surface area contributed by atoms with E-state index in [1.807, 2.05) is 30.3 Å². The number of methoxy groups -OCH3 is 2. The fourth-order valence-corrected chi connectivity index (χ4v) is 4.57. The summed E-state index contributed by atoms with van der Waals surface area (Å²) in [5.74, 6) is -1.46. The Morgan fingerprint density at radius 1 is 1.02 bits per heavy atom. The maximum absolute atomic E-state index is 13.7. The predicted molar refractivity (Wildman–Crippen MR) is 157 cm³/mol. The zero-order valence-electron chi connectivity index (χ0n) is 23.3. The summed E-state index contributed by atoms with van der Waals surface area (Å²) >= 11 is 0. The molecule has 0 radical (unpaired) electrons. The highest BCUT2D eigenvalue weighted by atomic mass is 16.5. The number of oxazole rings is 1. The molecule has 2 heterocycles. The van der Waals surface area contributed by atoms with E-state index in [0.29, 0.717) is 11.3 Å². The van der Waals surface area contributed by atoms with E-state index in [1.54, 1.807) is 24.3 Å². The van der Waals surface area contributed by atoms with Crippen LogP contribution in [-0.4, -0.2) is 52.5 Å². The first kappa shape index (κ1) is 28.7. The summed E-state index contributed by atoms with van der Waals surface area (Å²) < 4.78 is 17.0. The Hall–Kier alpha value is -5.78. The molecule has 2 aromatic heterocycles. The predicted octanol–water partition coefficient (Wildman–Crippen LogP) is 3.04. The molecule has 1 atom stereocenters. The van der Waals surface area contributed by atoms with Crippen LogP contribution in [0.2, 0.25) is 0 Å². The van der Waals surface area contributed by atoms with Gasteiger partial charge in [-0.1, -0.05) is 42.5 Å². The summed E-state index contributed by atoms with van der Waals surface area (Å²) in [6.07, 6.45) is 1.33. The molecule has 3 N–H and O–H groups in total. The highest BCUT2D eigenvalue weighted by Crippen LogP contribution is 2.27. The lowest BCUT2D eigenvalue weighted by atomic mass is 10.0. The number of ether oxygens (including phenoxy) is 2. The Balaban J connectivity index is 1.47. The third kappa shape index (κ3) is 6.12. The molecule has 1 amide bonds. The molecule has 3 aromatic carbocycles. The van der Waals surface area contributed by atoms with Gasteiger partial charge >= 0.3 is 5.97 Å². The van der Waals surface area contributed by atoms with E-state index >= 15 is 0 Å². The first-order chi connectivity index (χ1) is 20.8. The van der Waals surface area contributed by atoms with Crippen LogP contribution in [-0.2, 0) is 22.5 Å². The van der Waals surface area contributed by atoms with E-state index in [2.05, 4.69) is 15.3 Å². The van der Waals surface area contributed by atoms with Crippen LogP contribution in [0.15, 0.2) is 88.2 Å². The van der Waals surface area contributed by atoms with Crippen molar-refractivity contribution in [1.82, 2.24) is 19.9 Å². The number of rotatable bonds is 10. The largest absolute Gasteiger partial charge is 0.496 e. The van der Waals surface area contributed by atoms with Crippen molar-refractivity contribution in [2.75, 3.05) is 20.0 Å². The van der Waals surface area contributed by atoms with E-state index in [9.17, 15) is 19.2 Å². The van der Waals surface area contributed by atoms with Gasteiger partial charge in [0.25, 0.3) is 11.4 Å². The number of amides is 1. The quantitative estimate of drug-likeness (QED) is 0.185. The second-order valence-electron chi connectivity index (χ2n) is 9.50. The summed E-state index contributed by atoms with van der Waals surface area (Å²) in [7, 11) is 2.74. The molecule has 0 saturated carbocycles. The second kappa shape index (κ2) is 12.4. The Morgan fingerprint density at radius 2 is 1.77 bits per heavy atom. The van der Waals surface area contributed by atoms with Gasteiger partial charge in [0.2, 0.25) is 11.7 Å². The monoisotopic (exact) mass is 581 g/mol. The van der Waals surface area contributed by atoms with Gasteiger partial charge in [-0.2, -0.15) is 0 Å². The maximum Gasteiger partial charge on any atom is 0.337 e. The Labute approximate surface area is 245 Å². The summed E-state index contributed by atoms with van der Waals surface area (Å²) in [6, 6.07) is 19.3. The molecule has 0 aliphatic heterocycles. The molecule has 0 fully saturated rings. The molecule has 0 aliphatic carbocycles. The second-order valence-corrected chi connectivity index (χ2v) is 9.50. The van der Waals surface area contributed by atoms with Crippen molar-refractivity contribution in [2.45, 2.75) is 19.0 Å². The van der Waals surface area contributed by atoms with Gasteiger partial charge in [-0.05, 0) is 35.9 Å². The lowest BCUT2D eigenvalue weighted by molar-refractivity contribution is -0.122. The van der Waals surface area contributed by atoms with E-state index in [4.69, 9.17) is 19.6 Å². The van der Waals surface area contributed by atoms with Gasteiger partial charge in [-0.3, -0.25) is 19.0 Å². The standard InChI is InChI=1S/C31H27N5O7/c1-41-24-11-7-6-10-20(24)28-33-16-21(32)30(39)36(28)17-26(37)34-23(14-18-8-4-3-5-9-18)27(38)29-35-22-15-19(31(40)42-2)12-13-25(22)43-29/h3-13,15-16,23H,14,17,32H2,1-2H3,(H,34,37). The lowest BCUT2D eigenvalue weighted by Gasteiger charge is -2.18. The number of Topliss-reactive ketones (excluding diaryl/α,β-unsaturated/α-hetero) is 1. The summed E-state index contributed by atoms with van der Waals surface area (Å²) in [5, 5.41) is 2.73. The number of para-hydroxylation sites is 1. The van der Waals surface area contributed by atoms with Gasteiger partial charge < -0.3 is 24.9 Å². The number of anilines is 1. The number of esters is 1. The van der Waals surface area contributed by atoms with Crippen molar-refractivity contribution in [3.8, 4) is 17.1 Å². The van der Waals surface area contributed by atoms with Crippen LogP contribution in [0.3, 0.4) is 0 Å². The zero-order chi connectivity index (χ0) is 30.5. The highest BCUT2D eigenvalue weighted by Gasteiger charge is 2.28. The first-order valence-electron chi connectivity index (χ1n) is 13.1. The molecule has 5 rings (SSSR count). The number of fused-ring (bicyclic) bond motifs is 1. The number of benzene rings is 3. The van der Waals surface area contributed by atoms with Gasteiger partial charge in [0.05, 0.1) is 31.5 Å². The van der Waals surface area contributed by atoms with Crippen molar-refractivity contribution in [3.05, 3.63) is 106 Å². The molecule has 0 saturated heterocycles. The van der Waals surface area contributed by atoms with Crippen molar-refractivity contribution < 1.29 is 28.3 Å². The normalized spacial score (nSPS) is 11.6. The van der Waals surface area contributed by atoms with Gasteiger partial charge in [0, 0.05) is 6.42 Å². The van der Waals surface area contributed by atoms with Crippen LogP contribution in [0.25, 0.3) is 22.5 Å². The fourth-order valence-electron chi connectivity index (χ4n) is 4.57. The topological polar surface area (TPSA) is 169 Å². The number of hydrogen-bond acceptors (Lipinski definition) is 10. The third-order valence-corrected chi connectivity index (χ3v) is 6.68. The molecule has 43 heavy (non-hydrogen) atoms. The summed E-state index contributed by atoms with van der Waals surface area (Å²) in [4.78, 5) is 60.7. The SMILES string of the molecule is COC(=O)c1ccc2oc(C(=O)C(Cc3ccccc3)NC(=O)Cn3c(-c4ccccc4OC)ncc(N)c3=O)nc2c1. The average Bonchev–Trinajstić information content (AvgIpc) is 3.46. The number of hydrogen-bond donors (Lipinski definition) is 2. The fraction of sp³-hybridized carbons (Fsp3) is 0.161. The van der Waals surface area contributed by atoms with Gasteiger partial charge in [0.1, 0.15) is 35.4 Å². The minimum atomic E-state index is -1.11. The highest BCUT2D eigenvalue weighted by molar-refractivity contribution is 6.01. The molecule has 0 bridgehead atoms. The Morgan fingerprint density at radius 3 is 2.51 bits per heavy atom. The average molecular weight is 582 g/mol. The minimum Gasteiger partial charge on any atom is -0.496 e. The number of nitrogens with one attached hydrogen (secondary N) is 1. The number of nitrogens with zero attached hydrogens (tertiary/aromatic N) is 3. The minimum absolute atomic E-state index is 0.112. The molecule has 0 aliphatic rings. The molecular weight excluding hydrogens is 554 g/mol. The Kier molecular flexibility index (Phi) is 8.28. The van der Waals surface area contributed by atoms with Crippen molar-refractivity contribution >= 4 is 34.4 Å². The molecule has 5 aromatic rings. The number of carbonyl (C=O) groups excluding carboxylic acids is 3. The summed E-state index contributed by atoms with van der Waals surface area (Å²) in [5.41, 5.74) is 7.11. The molecule has 218 valence electrons. The first-order valence-corrected chi connectivity index (χ1v) is 13.1. The van der Waals surface area contributed by atoms with E-state index in [1.165, 1.54) is 38.6 Å². The number of nitrogen functional groups attached to an aromatic ring is 1. The number of nitrogens with two attached hydrogens (primary N) is 1. The van der Waals surface area contributed by atoms with Crippen molar-refractivity contribution in [2.24, 2.45) is 0 Å².